The first kappa shape index (κ1) is 21.1. The fourth-order valence-electron chi connectivity index (χ4n) is 4.68. The van der Waals surface area contributed by atoms with Crippen LogP contribution in [0.3, 0.4) is 0 Å². The lowest BCUT2D eigenvalue weighted by atomic mass is 9.95. The molecule has 1 aromatic rings. The number of aryl methyl sites for hydroxylation is 1. The van der Waals surface area contributed by atoms with Gasteiger partial charge in [0.25, 0.3) is 0 Å². The maximum absolute atomic E-state index is 4.27. The minimum atomic E-state index is 0.930. The summed E-state index contributed by atoms with van der Waals surface area (Å²) in [5, 5.41) is 0. The van der Waals surface area contributed by atoms with E-state index in [2.05, 4.69) is 61.8 Å². The van der Waals surface area contributed by atoms with Gasteiger partial charge in [0.15, 0.2) is 0 Å². The summed E-state index contributed by atoms with van der Waals surface area (Å²) in [6.45, 7) is 12.8. The van der Waals surface area contributed by atoms with Gasteiger partial charge in [0.1, 0.15) is 0 Å². The number of hydrogen-bond acceptors (Lipinski definition) is 1. The molecule has 1 aliphatic heterocycles. The molecule has 0 spiro atoms. The van der Waals surface area contributed by atoms with Gasteiger partial charge in [0.2, 0.25) is 0 Å². The van der Waals surface area contributed by atoms with Crippen LogP contribution in [0.2, 0.25) is 0 Å². The largest absolute Gasteiger partial charge is 0.303 e. The maximum Gasteiger partial charge on any atom is -0.00162 e. The highest BCUT2D eigenvalue weighted by Crippen LogP contribution is 2.31. The molecule has 1 nitrogen and oxygen atoms in total. The van der Waals surface area contributed by atoms with Crippen LogP contribution in [-0.4, -0.2) is 24.5 Å². The van der Waals surface area contributed by atoms with Crippen molar-refractivity contribution in [2.75, 3.05) is 19.6 Å². The Balaban J connectivity index is 1.44. The second-order valence-electron chi connectivity index (χ2n) is 8.84. The van der Waals surface area contributed by atoms with Gasteiger partial charge >= 0.3 is 0 Å². The van der Waals surface area contributed by atoms with Gasteiger partial charge in [-0.25, -0.2) is 0 Å². The van der Waals surface area contributed by atoms with Gasteiger partial charge in [-0.05, 0) is 106 Å². The van der Waals surface area contributed by atoms with Crippen molar-refractivity contribution >= 4 is 5.57 Å². The molecule has 28 heavy (non-hydrogen) atoms. The van der Waals surface area contributed by atoms with Crippen molar-refractivity contribution in [3.05, 3.63) is 65.3 Å². The Kier molecular flexibility index (Phi) is 8.15. The van der Waals surface area contributed by atoms with E-state index in [1.54, 1.807) is 11.1 Å². The zero-order chi connectivity index (χ0) is 19.8. The minimum absolute atomic E-state index is 0.930. The van der Waals surface area contributed by atoms with Crippen LogP contribution >= 0.6 is 0 Å². The fourth-order valence-corrected chi connectivity index (χ4v) is 4.68. The van der Waals surface area contributed by atoms with Gasteiger partial charge in [0, 0.05) is 0 Å². The summed E-state index contributed by atoms with van der Waals surface area (Å²) in [4.78, 5) is 2.65. The van der Waals surface area contributed by atoms with Crippen LogP contribution < -0.4 is 0 Å². The summed E-state index contributed by atoms with van der Waals surface area (Å²) in [6, 6.07) is 6.85. The van der Waals surface area contributed by atoms with E-state index >= 15 is 0 Å². The standard InChI is InChI=1S/C27H39N/c1-4-24(26-15-8-13-25-14-9-16-27(25)26)12-7-11-22(2)10-5-6-19-28-20-17-23(3)18-21-28/h7-8,11-13,15,23H,2,4-6,9-10,14,16-21H2,1,3H3/b11-7-,24-12+. The van der Waals surface area contributed by atoms with E-state index in [-0.39, 0.29) is 0 Å². The van der Waals surface area contributed by atoms with Crippen molar-refractivity contribution in [3.63, 3.8) is 0 Å². The van der Waals surface area contributed by atoms with Crippen LogP contribution in [0.5, 0.6) is 0 Å². The molecule has 0 amide bonds. The number of unbranched alkanes of at least 4 members (excludes halogenated alkanes) is 1. The Morgan fingerprint density at radius 1 is 1.18 bits per heavy atom. The number of rotatable bonds is 9. The average molecular weight is 378 g/mol. The van der Waals surface area contributed by atoms with Gasteiger partial charge < -0.3 is 4.90 Å². The molecule has 2 aliphatic rings. The average Bonchev–Trinajstić information content (AvgIpc) is 3.19. The molecule has 152 valence electrons. The minimum Gasteiger partial charge on any atom is -0.303 e. The number of hydrogen-bond donors (Lipinski definition) is 0. The summed E-state index contributed by atoms with van der Waals surface area (Å²) in [6.07, 6.45) is 18.1. The quantitative estimate of drug-likeness (QED) is 0.331. The maximum atomic E-state index is 4.27. The molecular weight excluding hydrogens is 338 g/mol. The van der Waals surface area contributed by atoms with Gasteiger partial charge in [-0.15, -0.1) is 0 Å². The lowest BCUT2D eigenvalue weighted by Gasteiger charge is -2.30. The van der Waals surface area contributed by atoms with Gasteiger partial charge in [-0.2, -0.15) is 0 Å². The molecule has 0 bridgehead atoms. The van der Waals surface area contributed by atoms with E-state index in [4.69, 9.17) is 0 Å². The van der Waals surface area contributed by atoms with E-state index in [1.807, 2.05) is 0 Å². The number of piperidine rings is 1. The smallest absolute Gasteiger partial charge is 0.00162 e. The summed E-state index contributed by atoms with van der Waals surface area (Å²) in [7, 11) is 0. The topological polar surface area (TPSA) is 3.24 Å². The van der Waals surface area contributed by atoms with E-state index in [9.17, 15) is 0 Å². The Morgan fingerprint density at radius 2 is 2.00 bits per heavy atom. The second-order valence-corrected chi connectivity index (χ2v) is 8.84. The molecule has 1 heterocycles. The molecule has 0 unspecified atom stereocenters. The van der Waals surface area contributed by atoms with Crippen molar-refractivity contribution in [1.29, 1.82) is 0 Å². The predicted molar refractivity (Wildman–Crippen MR) is 124 cm³/mol. The normalized spacial score (nSPS) is 18.7. The van der Waals surface area contributed by atoms with E-state index in [1.165, 1.54) is 81.3 Å². The Hall–Kier alpha value is -1.60. The molecule has 1 fully saturated rings. The van der Waals surface area contributed by atoms with Gasteiger partial charge in [-0.1, -0.05) is 62.4 Å². The SMILES string of the molecule is C=C(/C=C\C=C(/CC)c1cccc2c1CCC2)CCCCN1CCC(C)CC1. The fraction of sp³-hybridized carbons (Fsp3) is 0.556. The highest BCUT2D eigenvalue weighted by Gasteiger charge is 2.16. The number of nitrogens with zero attached hydrogens (tertiary/aromatic N) is 1. The highest BCUT2D eigenvalue weighted by molar-refractivity contribution is 5.71. The van der Waals surface area contributed by atoms with Crippen LogP contribution in [-0.2, 0) is 12.8 Å². The summed E-state index contributed by atoms with van der Waals surface area (Å²) < 4.78 is 0. The monoisotopic (exact) mass is 377 g/mol. The first-order valence-electron chi connectivity index (χ1n) is 11.6. The highest BCUT2D eigenvalue weighted by atomic mass is 15.1. The second kappa shape index (κ2) is 10.8. The lowest BCUT2D eigenvalue weighted by molar-refractivity contribution is 0.189. The Morgan fingerprint density at radius 3 is 2.79 bits per heavy atom. The van der Waals surface area contributed by atoms with E-state index in [0.717, 1.165) is 18.8 Å². The Labute approximate surface area is 173 Å². The van der Waals surface area contributed by atoms with Crippen LogP contribution in [0.4, 0.5) is 0 Å². The zero-order valence-corrected chi connectivity index (χ0v) is 18.2. The first-order chi connectivity index (χ1) is 13.7. The van der Waals surface area contributed by atoms with Gasteiger partial charge in [-0.3, -0.25) is 0 Å². The van der Waals surface area contributed by atoms with E-state index in [0.29, 0.717) is 0 Å². The molecule has 1 heteroatoms. The molecule has 3 rings (SSSR count). The third-order valence-electron chi connectivity index (χ3n) is 6.60. The summed E-state index contributed by atoms with van der Waals surface area (Å²) >= 11 is 0. The summed E-state index contributed by atoms with van der Waals surface area (Å²) in [5.41, 5.74) is 7.35. The third-order valence-corrected chi connectivity index (χ3v) is 6.60. The van der Waals surface area contributed by atoms with E-state index < -0.39 is 0 Å². The predicted octanol–water partition coefficient (Wildman–Crippen LogP) is 6.98. The molecule has 0 aromatic heterocycles. The van der Waals surface area contributed by atoms with Crippen molar-refractivity contribution in [1.82, 2.24) is 4.90 Å². The Bertz CT molecular complexity index is 701. The molecule has 1 aromatic carbocycles. The first-order valence-corrected chi connectivity index (χ1v) is 11.6. The lowest BCUT2D eigenvalue weighted by Crippen LogP contribution is -2.33. The van der Waals surface area contributed by atoms with Crippen molar-refractivity contribution < 1.29 is 0 Å². The summed E-state index contributed by atoms with van der Waals surface area (Å²) in [5.74, 6) is 0.930. The zero-order valence-electron chi connectivity index (χ0n) is 18.2. The molecular formula is C27H39N. The van der Waals surface area contributed by atoms with Crippen molar-refractivity contribution in [3.8, 4) is 0 Å². The van der Waals surface area contributed by atoms with Crippen LogP contribution in [0.25, 0.3) is 5.57 Å². The number of benzene rings is 1. The van der Waals surface area contributed by atoms with Gasteiger partial charge in [0.05, 0.1) is 0 Å². The molecule has 0 N–H and O–H groups in total. The molecule has 1 aliphatic carbocycles. The molecule has 0 saturated carbocycles. The van der Waals surface area contributed by atoms with Crippen LogP contribution in [0.15, 0.2) is 48.6 Å². The number of fused-ring (bicyclic) bond motifs is 1. The third kappa shape index (κ3) is 5.95. The van der Waals surface area contributed by atoms with Crippen LogP contribution in [0.1, 0.15) is 75.5 Å². The number of likely N-dealkylation sites (tertiary alicyclic amines) is 1. The van der Waals surface area contributed by atoms with Crippen molar-refractivity contribution in [2.24, 2.45) is 5.92 Å². The number of allylic oxidation sites excluding steroid dienone is 5. The van der Waals surface area contributed by atoms with Crippen molar-refractivity contribution in [2.45, 2.75) is 71.6 Å². The molecule has 0 atom stereocenters. The molecule has 1 saturated heterocycles. The van der Waals surface area contributed by atoms with Crippen LogP contribution in [0, 0.1) is 5.92 Å². The molecule has 0 radical (unpaired) electrons.